The standard InChI is InChI=1S/C24H31N3OS.2ClH/c1-17-2-5-21(6-3-17)29-22-8-10-26(11-9-22)16-19-4-7-23-20-12-18(13-25-14-20)15-27(23)24(19)28;;/h2-7,18,20,22,25H,8-16H2,1H3;2*1H/t18-,20+;;/m0../s1. The molecule has 2 aromatic rings. The van der Waals surface area contributed by atoms with Crippen LogP contribution in [0.25, 0.3) is 0 Å². The smallest absolute Gasteiger partial charge is 0.255 e. The molecule has 0 spiro atoms. The quantitative estimate of drug-likeness (QED) is 0.698. The van der Waals surface area contributed by atoms with E-state index < -0.39 is 0 Å². The van der Waals surface area contributed by atoms with Gasteiger partial charge in [-0.2, -0.15) is 0 Å². The van der Waals surface area contributed by atoms with Crippen molar-refractivity contribution in [2.75, 3.05) is 26.2 Å². The fourth-order valence-electron chi connectivity index (χ4n) is 5.19. The molecule has 0 saturated carbocycles. The summed E-state index contributed by atoms with van der Waals surface area (Å²) in [6.45, 7) is 8.06. The second-order valence-corrected chi connectivity index (χ2v) is 10.4. The van der Waals surface area contributed by atoms with Gasteiger partial charge >= 0.3 is 0 Å². The number of halogens is 2. The Morgan fingerprint density at radius 1 is 1.03 bits per heavy atom. The summed E-state index contributed by atoms with van der Waals surface area (Å²) in [5, 5.41) is 4.21. The Labute approximate surface area is 202 Å². The second-order valence-electron chi connectivity index (χ2n) is 9.06. The molecule has 0 amide bonds. The van der Waals surface area contributed by atoms with E-state index in [9.17, 15) is 4.79 Å². The van der Waals surface area contributed by atoms with Crippen LogP contribution in [0.15, 0.2) is 46.1 Å². The van der Waals surface area contributed by atoms with Crippen molar-refractivity contribution in [1.29, 1.82) is 0 Å². The highest BCUT2D eigenvalue weighted by molar-refractivity contribution is 8.00. The highest BCUT2D eigenvalue weighted by atomic mass is 35.5. The fraction of sp³-hybridized carbons (Fsp3) is 0.542. The predicted molar refractivity (Wildman–Crippen MR) is 134 cm³/mol. The number of thioether (sulfide) groups is 1. The van der Waals surface area contributed by atoms with Crippen LogP contribution in [-0.2, 0) is 13.1 Å². The van der Waals surface area contributed by atoms with Gasteiger partial charge in [-0.05, 0) is 69.9 Å². The number of nitrogens with zero attached hydrogens (tertiary/aromatic N) is 2. The molecule has 3 aliphatic heterocycles. The number of pyridine rings is 1. The van der Waals surface area contributed by atoms with E-state index >= 15 is 0 Å². The fourth-order valence-corrected chi connectivity index (χ4v) is 6.32. The summed E-state index contributed by atoms with van der Waals surface area (Å²) < 4.78 is 2.09. The maximum atomic E-state index is 13.2. The number of rotatable bonds is 4. The van der Waals surface area contributed by atoms with Crippen LogP contribution >= 0.6 is 36.6 Å². The third kappa shape index (κ3) is 5.51. The molecule has 3 aliphatic rings. The van der Waals surface area contributed by atoms with Crippen molar-refractivity contribution < 1.29 is 0 Å². The molecule has 2 saturated heterocycles. The molecule has 2 fully saturated rings. The number of likely N-dealkylation sites (tertiary alicyclic amines) is 1. The van der Waals surface area contributed by atoms with Crippen molar-refractivity contribution in [2.45, 2.75) is 55.3 Å². The summed E-state index contributed by atoms with van der Waals surface area (Å²) in [6.07, 6.45) is 3.62. The average molecular weight is 483 g/mol. The first-order chi connectivity index (χ1) is 14.2. The van der Waals surface area contributed by atoms with E-state index in [1.807, 2.05) is 11.8 Å². The maximum Gasteiger partial charge on any atom is 0.255 e. The Morgan fingerprint density at radius 3 is 2.52 bits per heavy atom. The molecule has 1 aromatic heterocycles. The van der Waals surface area contributed by atoms with E-state index in [2.05, 4.69) is 58.1 Å². The molecule has 0 radical (unpaired) electrons. The Morgan fingerprint density at radius 2 is 1.77 bits per heavy atom. The summed E-state index contributed by atoms with van der Waals surface area (Å²) in [7, 11) is 0. The molecule has 31 heavy (non-hydrogen) atoms. The number of benzene rings is 1. The van der Waals surface area contributed by atoms with Gasteiger partial charge in [0.1, 0.15) is 0 Å². The summed E-state index contributed by atoms with van der Waals surface area (Å²) >= 11 is 2.01. The summed E-state index contributed by atoms with van der Waals surface area (Å²) in [6, 6.07) is 13.2. The van der Waals surface area contributed by atoms with E-state index in [-0.39, 0.29) is 30.4 Å². The monoisotopic (exact) mass is 481 g/mol. The minimum atomic E-state index is 0. The largest absolute Gasteiger partial charge is 0.316 e. The lowest BCUT2D eigenvalue weighted by Crippen LogP contribution is -2.46. The van der Waals surface area contributed by atoms with Gasteiger partial charge in [0.15, 0.2) is 0 Å². The zero-order valence-corrected chi connectivity index (χ0v) is 20.5. The van der Waals surface area contributed by atoms with Gasteiger partial charge in [0, 0.05) is 47.0 Å². The number of aryl methyl sites for hydroxylation is 1. The zero-order chi connectivity index (χ0) is 19.8. The molecule has 1 N–H and O–H groups in total. The van der Waals surface area contributed by atoms with Gasteiger partial charge in [-0.25, -0.2) is 0 Å². The lowest BCUT2D eigenvalue weighted by atomic mass is 9.84. The molecule has 4 heterocycles. The van der Waals surface area contributed by atoms with Gasteiger partial charge in [0.2, 0.25) is 0 Å². The topological polar surface area (TPSA) is 37.3 Å². The highest BCUT2D eigenvalue weighted by Crippen LogP contribution is 2.33. The SMILES string of the molecule is Cc1ccc(SC2CCN(Cc3ccc4n(c3=O)C[C@@H]3CNC[C@H]4C3)CC2)cc1.Cl.Cl. The van der Waals surface area contributed by atoms with E-state index in [1.165, 1.54) is 35.4 Å². The van der Waals surface area contributed by atoms with Crippen LogP contribution in [-0.4, -0.2) is 40.9 Å². The first-order valence-electron chi connectivity index (χ1n) is 11.0. The van der Waals surface area contributed by atoms with Crippen molar-refractivity contribution in [3.63, 3.8) is 0 Å². The molecule has 1 aromatic carbocycles. The number of piperidine rings is 2. The van der Waals surface area contributed by atoms with Gasteiger partial charge in [0.25, 0.3) is 5.56 Å². The van der Waals surface area contributed by atoms with Gasteiger partial charge in [-0.3, -0.25) is 9.69 Å². The molecule has 0 unspecified atom stereocenters. The van der Waals surface area contributed by atoms with Crippen molar-refractivity contribution in [1.82, 2.24) is 14.8 Å². The predicted octanol–water partition coefficient (Wildman–Crippen LogP) is 4.46. The second kappa shape index (κ2) is 10.8. The van der Waals surface area contributed by atoms with Crippen molar-refractivity contribution >= 4 is 36.6 Å². The summed E-state index contributed by atoms with van der Waals surface area (Å²) in [4.78, 5) is 17.0. The van der Waals surface area contributed by atoms with Crippen LogP contribution in [0.3, 0.4) is 0 Å². The first-order valence-corrected chi connectivity index (χ1v) is 11.9. The summed E-state index contributed by atoms with van der Waals surface area (Å²) in [5.74, 6) is 1.13. The number of fused-ring (bicyclic) bond motifs is 4. The van der Waals surface area contributed by atoms with Gasteiger partial charge < -0.3 is 9.88 Å². The first kappa shape index (κ1) is 24.7. The maximum absolute atomic E-state index is 13.2. The van der Waals surface area contributed by atoms with E-state index in [0.29, 0.717) is 17.1 Å². The lowest BCUT2D eigenvalue weighted by molar-refractivity contribution is 0.221. The molecule has 4 nitrogen and oxygen atoms in total. The molecule has 170 valence electrons. The van der Waals surface area contributed by atoms with Gasteiger partial charge in [-0.15, -0.1) is 36.6 Å². The van der Waals surface area contributed by atoms with Crippen LogP contribution in [0.4, 0.5) is 0 Å². The van der Waals surface area contributed by atoms with Gasteiger partial charge in [0.05, 0.1) is 0 Å². The van der Waals surface area contributed by atoms with Crippen LogP contribution < -0.4 is 10.9 Å². The Bertz CT molecular complexity index is 925. The van der Waals surface area contributed by atoms with Crippen LogP contribution in [0.2, 0.25) is 0 Å². The Hall–Kier alpha value is -0.980. The van der Waals surface area contributed by atoms with Crippen LogP contribution in [0.5, 0.6) is 0 Å². The molecule has 2 bridgehead atoms. The zero-order valence-electron chi connectivity index (χ0n) is 18.1. The molecular weight excluding hydrogens is 449 g/mol. The van der Waals surface area contributed by atoms with Crippen molar-refractivity contribution in [3.8, 4) is 0 Å². The summed E-state index contributed by atoms with van der Waals surface area (Å²) in [5.41, 5.74) is 3.80. The van der Waals surface area contributed by atoms with Crippen molar-refractivity contribution in [2.24, 2.45) is 5.92 Å². The highest BCUT2D eigenvalue weighted by Gasteiger charge is 2.31. The Kier molecular flexibility index (Phi) is 8.56. The number of hydrogen-bond donors (Lipinski definition) is 1. The van der Waals surface area contributed by atoms with Crippen LogP contribution in [0.1, 0.15) is 42.0 Å². The van der Waals surface area contributed by atoms with Crippen molar-refractivity contribution in [3.05, 3.63) is 63.6 Å². The van der Waals surface area contributed by atoms with Gasteiger partial charge in [-0.1, -0.05) is 23.8 Å². The molecule has 2 atom stereocenters. The van der Waals surface area contributed by atoms with E-state index in [1.54, 1.807) is 0 Å². The Balaban J connectivity index is 0.00000136. The number of nitrogens with one attached hydrogen (secondary N) is 1. The molecule has 0 aliphatic carbocycles. The molecule has 7 heteroatoms. The normalized spacial score (nSPS) is 23.4. The number of hydrogen-bond acceptors (Lipinski definition) is 4. The molecule has 5 rings (SSSR count). The minimum Gasteiger partial charge on any atom is -0.316 e. The third-order valence-electron chi connectivity index (χ3n) is 6.84. The number of aromatic nitrogens is 1. The van der Waals surface area contributed by atoms with E-state index in [4.69, 9.17) is 0 Å². The third-order valence-corrected chi connectivity index (χ3v) is 8.19. The van der Waals surface area contributed by atoms with Crippen LogP contribution in [0, 0.1) is 12.8 Å². The minimum absolute atomic E-state index is 0. The molecular formula is C24H33Cl2N3OS. The van der Waals surface area contributed by atoms with E-state index in [0.717, 1.165) is 44.8 Å². The lowest BCUT2D eigenvalue weighted by Gasteiger charge is -2.38. The average Bonchev–Trinajstić information content (AvgIpc) is 2.74.